The van der Waals surface area contributed by atoms with Gasteiger partial charge in [0.05, 0.1) is 0 Å². The average molecular weight is 273 g/mol. The fourth-order valence-electron chi connectivity index (χ4n) is 2.60. The minimum Gasteiger partial charge on any atom is -0.366 e. The van der Waals surface area contributed by atoms with Crippen LogP contribution in [0.5, 0.6) is 0 Å². The predicted octanol–water partition coefficient (Wildman–Crippen LogP) is 3.31. The number of para-hydroxylation sites is 1. The summed E-state index contributed by atoms with van der Waals surface area (Å²) in [6.45, 7) is 6.42. The Hall–Kier alpha value is -1.55. The Bertz CT molecular complexity index is 564. The van der Waals surface area contributed by atoms with Gasteiger partial charge in [-0.1, -0.05) is 18.2 Å². The topological polar surface area (TPSA) is 28.2 Å². The third-order valence-corrected chi connectivity index (χ3v) is 4.50. The van der Waals surface area contributed by atoms with Crippen LogP contribution in [-0.4, -0.2) is 24.1 Å². The van der Waals surface area contributed by atoms with Gasteiger partial charge in [0.1, 0.15) is 0 Å². The van der Waals surface area contributed by atoms with E-state index in [2.05, 4.69) is 53.3 Å². The molecule has 4 heteroatoms. The Morgan fingerprint density at radius 2 is 2.26 bits per heavy atom. The van der Waals surface area contributed by atoms with Gasteiger partial charge in [0.2, 0.25) is 0 Å². The second-order valence-corrected chi connectivity index (χ2v) is 6.31. The molecule has 1 aliphatic heterocycles. The number of anilines is 2. The third-order valence-electron chi connectivity index (χ3n) is 3.63. The van der Waals surface area contributed by atoms with Crippen molar-refractivity contribution in [2.45, 2.75) is 26.3 Å². The van der Waals surface area contributed by atoms with Crippen molar-refractivity contribution in [1.29, 1.82) is 0 Å². The maximum Gasteiger partial charge on any atom is 0.182 e. The van der Waals surface area contributed by atoms with Gasteiger partial charge < -0.3 is 10.2 Å². The summed E-state index contributed by atoms with van der Waals surface area (Å²) in [6, 6.07) is 9.20. The van der Waals surface area contributed by atoms with Crippen LogP contribution < -0.4 is 10.2 Å². The number of nitrogens with one attached hydrogen (secondary N) is 1. The summed E-state index contributed by atoms with van der Waals surface area (Å²) in [5, 5.41) is 4.46. The van der Waals surface area contributed by atoms with Gasteiger partial charge in [0.15, 0.2) is 5.13 Å². The molecule has 1 N–H and O–H groups in total. The van der Waals surface area contributed by atoms with Crippen LogP contribution in [0.25, 0.3) is 0 Å². The summed E-state index contributed by atoms with van der Waals surface area (Å²) in [6.07, 6.45) is 3.08. The number of benzene rings is 1. The lowest BCUT2D eigenvalue weighted by atomic mass is 10.2. The van der Waals surface area contributed by atoms with Crippen molar-refractivity contribution >= 4 is 22.2 Å². The van der Waals surface area contributed by atoms with Gasteiger partial charge in [-0.2, -0.15) is 0 Å². The van der Waals surface area contributed by atoms with Crippen molar-refractivity contribution in [3.05, 3.63) is 40.9 Å². The normalized spacial score (nSPS) is 15.4. The number of aromatic nitrogens is 1. The van der Waals surface area contributed by atoms with E-state index < -0.39 is 0 Å². The monoisotopic (exact) mass is 273 g/mol. The minimum atomic E-state index is 0.479. The van der Waals surface area contributed by atoms with Gasteiger partial charge in [-0.15, -0.1) is 11.3 Å². The highest BCUT2D eigenvalue weighted by atomic mass is 32.1. The van der Waals surface area contributed by atoms with Crippen LogP contribution in [0, 0.1) is 6.92 Å². The summed E-state index contributed by atoms with van der Waals surface area (Å²) in [5.74, 6) is 0. The molecule has 1 aliphatic rings. The molecule has 19 heavy (non-hydrogen) atoms. The third kappa shape index (κ3) is 2.59. The lowest BCUT2D eigenvalue weighted by Crippen LogP contribution is -2.36. The molecule has 1 unspecified atom stereocenters. The van der Waals surface area contributed by atoms with Crippen LogP contribution in [0.15, 0.2) is 30.5 Å². The molecule has 0 saturated carbocycles. The van der Waals surface area contributed by atoms with E-state index >= 15 is 0 Å². The molecule has 1 aromatic carbocycles. The molecule has 0 fully saturated rings. The predicted molar refractivity (Wildman–Crippen MR) is 82.3 cm³/mol. The molecule has 2 heterocycles. The van der Waals surface area contributed by atoms with Crippen molar-refractivity contribution in [3.63, 3.8) is 0 Å². The molecule has 0 radical (unpaired) electrons. The number of rotatable bonds is 4. The van der Waals surface area contributed by atoms with Crippen LogP contribution >= 0.6 is 11.3 Å². The van der Waals surface area contributed by atoms with Gasteiger partial charge in [0, 0.05) is 35.9 Å². The molecule has 100 valence electrons. The van der Waals surface area contributed by atoms with Crippen LogP contribution in [0.1, 0.15) is 17.4 Å². The Balaban J connectivity index is 1.64. The zero-order valence-electron chi connectivity index (χ0n) is 11.4. The largest absolute Gasteiger partial charge is 0.366 e. The van der Waals surface area contributed by atoms with Crippen molar-refractivity contribution in [3.8, 4) is 0 Å². The van der Waals surface area contributed by atoms with E-state index in [-0.39, 0.29) is 0 Å². The van der Waals surface area contributed by atoms with E-state index in [9.17, 15) is 0 Å². The lowest BCUT2D eigenvalue weighted by molar-refractivity contribution is 0.680. The first-order valence-corrected chi connectivity index (χ1v) is 7.56. The van der Waals surface area contributed by atoms with Gasteiger partial charge >= 0.3 is 0 Å². The lowest BCUT2D eigenvalue weighted by Gasteiger charge is -2.27. The van der Waals surface area contributed by atoms with E-state index in [0.29, 0.717) is 6.04 Å². The maximum atomic E-state index is 4.35. The van der Waals surface area contributed by atoms with E-state index in [0.717, 1.165) is 24.6 Å². The van der Waals surface area contributed by atoms with Crippen molar-refractivity contribution in [2.75, 3.05) is 23.3 Å². The van der Waals surface area contributed by atoms with E-state index in [1.165, 1.54) is 16.1 Å². The molecule has 0 amide bonds. The number of fused-ring (bicyclic) bond motifs is 1. The molecule has 2 aromatic rings. The van der Waals surface area contributed by atoms with E-state index in [4.69, 9.17) is 0 Å². The van der Waals surface area contributed by atoms with Crippen LogP contribution in [0.3, 0.4) is 0 Å². The fourth-order valence-corrected chi connectivity index (χ4v) is 3.27. The molecule has 0 saturated heterocycles. The van der Waals surface area contributed by atoms with Crippen LogP contribution in [0.4, 0.5) is 10.8 Å². The van der Waals surface area contributed by atoms with Gasteiger partial charge in [-0.05, 0) is 31.9 Å². The van der Waals surface area contributed by atoms with Gasteiger partial charge in [0.25, 0.3) is 0 Å². The quantitative estimate of drug-likeness (QED) is 0.926. The Morgan fingerprint density at radius 1 is 1.42 bits per heavy atom. The number of nitrogens with zero attached hydrogens (tertiary/aromatic N) is 2. The highest BCUT2D eigenvalue weighted by Crippen LogP contribution is 2.29. The number of hydrogen-bond donors (Lipinski definition) is 1. The van der Waals surface area contributed by atoms with E-state index in [1.807, 2.05) is 6.20 Å². The minimum absolute atomic E-state index is 0.479. The Labute approximate surface area is 118 Å². The summed E-state index contributed by atoms with van der Waals surface area (Å²) in [7, 11) is 0. The summed E-state index contributed by atoms with van der Waals surface area (Å²) < 4.78 is 0. The smallest absolute Gasteiger partial charge is 0.182 e. The summed E-state index contributed by atoms with van der Waals surface area (Å²) in [4.78, 5) is 8.09. The second kappa shape index (κ2) is 5.21. The van der Waals surface area contributed by atoms with Crippen LogP contribution in [0.2, 0.25) is 0 Å². The first-order valence-electron chi connectivity index (χ1n) is 6.75. The van der Waals surface area contributed by atoms with Gasteiger partial charge in [-0.3, -0.25) is 0 Å². The maximum absolute atomic E-state index is 4.35. The summed E-state index contributed by atoms with van der Waals surface area (Å²) >= 11 is 1.72. The van der Waals surface area contributed by atoms with Gasteiger partial charge in [-0.25, -0.2) is 4.98 Å². The average Bonchev–Trinajstić information content (AvgIpc) is 3.02. The fraction of sp³-hybridized carbons (Fsp3) is 0.400. The van der Waals surface area contributed by atoms with Crippen molar-refractivity contribution in [1.82, 2.24) is 4.98 Å². The Kier molecular flexibility index (Phi) is 3.42. The molecule has 0 aliphatic carbocycles. The number of thiazole rings is 1. The molecule has 3 nitrogen and oxygen atoms in total. The molecule has 1 atom stereocenters. The molecule has 0 spiro atoms. The highest BCUT2D eigenvalue weighted by molar-refractivity contribution is 7.15. The van der Waals surface area contributed by atoms with E-state index in [1.54, 1.807) is 11.3 Å². The standard InChI is InChI=1S/C15H19N3S/c1-11(9-16-15-17-10-12(2)19-15)18-8-7-13-5-3-4-6-14(13)18/h3-6,10-11H,7-9H2,1-2H3,(H,16,17). The SMILES string of the molecule is Cc1cnc(NCC(C)N2CCc3ccccc32)s1. The molecule has 3 rings (SSSR count). The van der Waals surface area contributed by atoms with Crippen molar-refractivity contribution < 1.29 is 0 Å². The van der Waals surface area contributed by atoms with Crippen molar-refractivity contribution in [2.24, 2.45) is 0 Å². The summed E-state index contributed by atoms with van der Waals surface area (Å²) in [5.41, 5.74) is 2.87. The zero-order chi connectivity index (χ0) is 13.2. The molecular formula is C15H19N3S. The first-order chi connectivity index (χ1) is 9.24. The zero-order valence-corrected chi connectivity index (χ0v) is 12.2. The Morgan fingerprint density at radius 3 is 3.05 bits per heavy atom. The highest BCUT2D eigenvalue weighted by Gasteiger charge is 2.22. The number of aryl methyl sites for hydroxylation is 1. The molecule has 1 aromatic heterocycles. The molecular weight excluding hydrogens is 254 g/mol. The second-order valence-electron chi connectivity index (χ2n) is 5.08. The first kappa shape index (κ1) is 12.5. The van der Waals surface area contributed by atoms with Crippen LogP contribution in [-0.2, 0) is 6.42 Å². The molecule has 0 bridgehead atoms. The number of hydrogen-bond acceptors (Lipinski definition) is 4.